The predicted molar refractivity (Wildman–Crippen MR) is 75.3 cm³/mol. The molecule has 0 saturated carbocycles. The van der Waals surface area contributed by atoms with E-state index < -0.39 is 11.7 Å². The van der Waals surface area contributed by atoms with Crippen molar-refractivity contribution in [1.82, 2.24) is 4.90 Å². The maximum atomic E-state index is 14.0. The third-order valence-electron chi connectivity index (χ3n) is 4.83. The van der Waals surface area contributed by atoms with Gasteiger partial charge in [0.2, 0.25) is 0 Å². The van der Waals surface area contributed by atoms with Gasteiger partial charge in [0, 0.05) is 31.5 Å². The van der Waals surface area contributed by atoms with Gasteiger partial charge in [0.1, 0.15) is 11.7 Å². The number of fused-ring (bicyclic) bond motifs is 1. The van der Waals surface area contributed by atoms with Gasteiger partial charge in [-0.05, 0) is 12.0 Å². The molecule has 4 nitrogen and oxygen atoms in total. The highest BCUT2D eigenvalue weighted by atomic mass is 19.1. The van der Waals surface area contributed by atoms with Crippen molar-refractivity contribution in [2.24, 2.45) is 5.92 Å². The first-order valence-electron chi connectivity index (χ1n) is 7.27. The van der Waals surface area contributed by atoms with Gasteiger partial charge in [0.15, 0.2) is 0 Å². The second-order valence-electron chi connectivity index (χ2n) is 5.98. The first-order valence-corrected chi connectivity index (χ1v) is 7.27. The highest BCUT2D eigenvalue weighted by molar-refractivity contribution is 5.82. The summed E-state index contributed by atoms with van der Waals surface area (Å²) in [4.78, 5) is 14.2. The summed E-state index contributed by atoms with van der Waals surface area (Å²) in [5, 5.41) is 9.72. The van der Waals surface area contributed by atoms with Crippen molar-refractivity contribution >= 4 is 5.97 Å². The molecule has 2 fully saturated rings. The SMILES string of the molecule is COC(=O)[C@]12C[C@H](F)CN1[C@@H](c1ccccc1)[C@@H](CO)C2. The number of halogens is 1. The van der Waals surface area contributed by atoms with Gasteiger partial charge in [-0.1, -0.05) is 30.3 Å². The van der Waals surface area contributed by atoms with Crippen LogP contribution in [0.1, 0.15) is 24.4 Å². The third-order valence-corrected chi connectivity index (χ3v) is 4.83. The topological polar surface area (TPSA) is 49.8 Å². The molecule has 0 amide bonds. The fraction of sp³-hybridized carbons (Fsp3) is 0.562. The Kier molecular flexibility index (Phi) is 3.71. The Hall–Kier alpha value is -1.46. The number of hydrogen-bond acceptors (Lipinski definition) is 4. The summed E-state index contributed by atoms with van der Waals surface area (Å²) in [6.07, 6.45) is -0.440. The zero-order valence-corrected chi connectivity index (χ0v) is 12.0. The Morgan fingerprint density at radius 1 is 1.43 bits per heavy atom. The van der Waals surface area contributed by atoms with Crippen molar-refractivity contribution in [1.29, 1.82) is 0 Å². The summed E-state index contributed by atoms with van der Waals surface area (Å²) in [5.74, 6) is -0.474. The van der Waals surface area contributed by atoms with Crippen LogP contribution in [0.2, 0.25) is 0 Å². The molecule has 2 aliphatic heterocycles. The van der Waals surface area contributed by atoms with E-state index in [1.165, 1.54) is 7.11 Å². The number of aliphatic hydroxyl groups is 1. The van der Waals surface area contributed by atoms with Gasteiger partial charge >= 0.3 is 5.97 Å². The molecule has 3 rings (SSSR count). The average molecular weight is 293 g/mol. The molecule has 2 heterocycles. The Bertz CT molecular complexity index is 524. The molecule has 0 aromatic heterocycles. The quantitative estimate of drug-likeness (QED) is 0.862. The van der Waals surface area contributed by atoms with E-state index in [2.05, 4.69) is 0 Å². The highest BCUT2D eigenvalue weighted by Gasteiger charge is 2.61. The molecular formula is C16H20FNO3. The van der Waals surface area contributed by atoms with Gasteiger partial charge in [-0.25, -0.2) is 4.39 Å². The van der Waals surface area contributed by atoms with Crippen LogP contribution in [0.3, 0.4) is 0 Å². The zero-order chi connectivity index (χ0) is 15.0. The number of alkyl halides is 1. The number of carbonyl (C=O) groups is 1. The smallest absolute Gasteiger partial charge is 0.326 e. The van der Waals surface area contributed by atoms with Crippen LogP contribution in [0.5, 0.6) is 0 Å². The maximum absolute atomic E-state index is 14.0. The monoisotopic (exact) mass is 293 g/mol. The van der Waals surface area contributed by atoms with E-state index in [4.69, 9.17) is 4.74 Å². The summed E-state index contributed by atoms with van der Waals surface area (Å²) in [5.41, 5.74) is 0.0821. The lowest BCUT2D eigenvalue weighted by Crippen LogP contribution is -2.47. The van der Waals surface area contributed by atoms with Crippen LogP contribution in [-0.4, -0.2) is 47.9 Å². The lowest BCUT2D eigenvalue weighted by molar-refractivity contribution is -0.152. The fourth-order valence-corrected chi connectivity index (χ4v) is 4.06. The summed E-state index contributed by atoms with van der Waals surface area (Å²) in [6, 6.07) is 9.55. The van der Waals surface area contributed by atoms with Crippen LogP contribution in [0, 0.1) is 5.92 Å². The van der Waals surface area contributed by atoms with Crippen LogP contribution >= 0.6 is 0 Å². The molecule has 0 aliphatic carbocycles. The molecule has 114 valence electrons. The molecule has 21 heavy (non-hydrogen) atoms. The van der Waals surface area contributed by atoms with E-state index in [-0.39, 0.29) is 37.5 Å². The van der Waals surface area contributed by atoms with Crippen LogP contribution < -0.4 is 0 Å². The van der Waals surface area contributed by atoms with Crippen LogP contribution in [-0.2, 0) is 9.53 Å². The highest BCUT2D eigenvalue weighted by Crippen LogP contribution is 2.52. The second kappa shape index (κ2) is 5.39. The van der Waals surface area contributed by atoms with Gasteiger partial charge < -0.3 is 9.84 Å². The lowest BCUT2D eigenvalue weighted by Gasteiger charge is -2.32. The average Bonchev–Trinajstić information content (AvgIpc) is 2.98. The first-order chi connectivity index (χ1) is 10.1. The summed E-state index contributed by atoms with van der Waals surface area (Å²) < 4.78 is 18.9. The molecule has 1 aromatic carbocycles. The summed E-state index contributed by atoms with van der Waals surface area (Å²) in [7, 11) is 1.34. The van der Waals surface area contributed by atoms with E-state index >= 15 is 0 Å². The van der Waals surface area contributed by atoms with Gasteiger partial charge in [-0.3, -0.25) is 9.69 Å². The Balaban J connectivity index is 2.02. The number of methoxy groups -OCH3 is 1. The van der Waals surface area contributed by atoms with E-state index in [0.29, 0.717) is 6.42 Å². The molecule has 4 atom stereocenters. The number of aliphatic hydroxyl groups excluding tert-OH is 1. The van der Waals surface area contributed by atoms with Crippen LogP contribution in [0.25, 0.3) is 0 Å². The van der Waals surface area contributed by atoms with Gasteiger partial charge in [-0.15, -0.1) is 0 Å². The number of rotatable bonds is 3. The largest absolute Gasteiger partial charge is 0.468 e. The van der Waals surface area contributed by atoms with E-state index in [0.717, 1.165) is 5.56 Å². The minimum atomic E-state index is -1.03. The van der Waals surface area contributed by atoms with Crippen molar-refractivity contribution in [3.05, 3.63) is 35.9 Å². The third kappa shape index (κ3) is 2.15. The molecule has 1 aromatic rings. The molecule has 0 unspecified atom stereocenters. The van der Waals surface area contributed by atoms with E-state index in [9.17, 15) is 14.3 Å². The Labute approximate surface area is 123 Å². The number of esters is 1. The number of ether oxygens (including phenoxy) is 1. The number of hydrogen-bond donors (Lipinski definition) is 1. The molecule has 0 bridgehead atoms. The standard InChI is InChI=1S/C16H20FNO3/c1-21-15(20)16-7-12(10-19)14(11-5-3-2-4-6-11)18(16)9-13(17)8-16/h2-6,12-14,19H,7-10H2,1H3/t12-,13+,14+,16+/m1/s1. The normalized spacial score (nSPS) is 35.7. The van der Waals surface area contributed by atoms with Crippen molar-refractivity contribution in [3.8, 4) is 0 Å². The minimum Gasteiger partial charge on any atom is -0.468 e. The molecule has 2 saturated heterocycles. The van der Waals surface area contributed by atoms with Gasteiger partial charge in [-0.2, -0.15) is 0 Å². The fourth-order valence-electron chi connectivity index (χ4n) is 4.06. The van der Waals surface area contributed by atoms with E-state index in [1.54, 1.807) is 0 Å². The number of benzene rings is 1. The lowest BCUT2D eigenvalue weighted by atomic mass is 9.87. The predicted octanol–water partition coefficient (Wildman–Crippen LogP) is 1.70. The molecule has 0 radical (unpaired) electrons. The number of nitrogens with zero attached hydrogens (tertiary/aromatic N) is 1. The summed E-state index contributed by atoms with van der Waals surface area (Å²) in [6.45, 7) is 0.191. The first kappa shape index (κ1) is 14.5. The van der Waals surface area contributed by atoms with Gasteiger partial charge in [0.25, 0.3) is 0 Å². The Morgan fingerprint density at radius 3 is 2.76 bits per heavy atom. The molecule has 0 spiro atoms. The summed E-state index contributed by atoms with van der Waals surface area (Å²) >= 11 is 0. The van der Waals surface area contributed by atoms with Crippen molar-refractivity contribution in [3.63, 3.8) is 0 Å². The minimum absolute atomic E-state index is 0.0221. The number of carbonyl (C=O) groups excluding carboxylic acids is 1. The maximum Gasteiger partial charge on any atom is 0.326 e. The van der Waals surface area contributed by atoms with Crippen molar-refractivity contribution < 1.29 is 19.0 Å². The van der Waals surface area contributed by atoms with Crippen LogP contribution in [0.15, 0.2) is 30.3 Å². The zero-order valence-electron chi connectivity index (χ0n) is 12.0. The molecular weight excluding hydrogens is 273 g/mol. The van der Waals surface area contributed by atoms with Crippen LogP contribution in [0.4, 0.5) is 4.39 Å². The molecule has 2 aliphatic rings. The van der Waals surface area contributed by atoms with Gasteiger partial charge in [0.05, 0.1) is 7.11 Å². The Morgan fingerprint density at radius 2 is 2.14 bits per heavy atom. The van der Waals surface area contributed by atoms with Crippen molar-refractivity contribution in [2.45, 2.75) is 30.6 Å². The van der Waals surface area contributed by atoms with E-state index in [1.807, 2.05) is 35.2 Å². The van der Waals surface area contributed by atoms with Crippen molar-refractivity contribution in [2.75, 3.05) is 20.3 Å². The second-order valence-corrected chi connectivity index (χ2v) is 5.98. The molecule has 1 N–H and O–H groups in total. The molecule has 5 heteroatoms.